The lowest BCUT2D eigenvalue weighted by Gasteiger charge is -2.08. The highest BCUT2D eigenvalue weighted by atomic mass is 32.1. The number of hydrogen-bond donors (Lipinski definition) is 0. The Morgan fingerprint density at radius 2 is 1.74 bits per heavy atom. The Labute approximate surface area is 116 Å². The first kappa shape index (κ1) is 13.6. The first-order valence-corrected chi connectivity index (χ1v) is 6.72. The van der Waals surface area contributed by atoms with E-state index >= 15 is 0 Å². The highest BCUT2D eigenvalue weighted by molar-refractivity contribution is 7.14. The third-order valence-electron chi connectivity index (χ3n) is 2.89. The van der Waals surface area contributed by atoms with E-state index in [1.165, 1.54) is 11.3 Å². The maximum absolute atomic E-state index is 12.5. The van der Waals surface area contributed by atoms with Gasteiger partial charge in [-0.05, 0) is 43.7 Å². The fraction of sp³-hybridized carbons (Fsp3) is 0.267. The largest absolute Gasteiger partial charge is 0.493 e. The summed E-state index contributed by atoms with van der Waals surface area (Å²) < 4.78 is 10.4. The van der Waals surface area contributed by atoms with Crippen molar-refractivity contribution in [1.29, 1.82) is 0 Å². The third-order valence-corrected chi connectivity index (χ3v) is 4.04. The lowest BCUT2D eigenvalue weighted by Crippen LogP contribution is -2.01. The van der Waals surface area contributed by atoms with E-state index in [0.29, 0.717) is 17.1 Å². The van der Waals surface area contributed by atoms with Gasteiger partial charge in [0.1, 0.15) is 0 Å². The Bertz CT molecular complexity index is 614. The molecule has 1 aromatic heterocycles. The highest BCUT2D eigenvalue weighted by Gasteiger charge is 2.16. The fourth-order valence-corrected chi connectivity index (χ4v) is 2.96. The molecule has 0 fully saturated rings. The highest BCUT2D eigenvalue weighted by Crippen LogP contribution is 2.30. The predicted molar refractivity (Wildman–Crippen MR) is 76.8 cm³/mol. The molecule has 0 unspecified atom stereocenters. The van der Waals surface area contributed by atoms with Crippen LogP contribution in [0.5, 0.6) is 11.5 Å². The van der Waals surface area contributed by atoms with Crippen LogP contribution in [0.1, 0.15) is 25.7 Å². The van der Waals surface area contributed by atoms with Crippen molar-refractivity contribution in [2.75, 3.05) is 14.2 Å². The molecule has 0 aliphatic rings. The van der Waals surface area contributed by atoms with E-state index in [-0.39, 0.29) is 5.78 Å². The standard InChI is InChI=1S/C15H16O3S/c1-9-7-10(2)19-15(9)14(16)11-5-6-12(17-3)13(8-11)18-4/h5-8H,1-4H3. The van der Waals surface area contributed by atoms with Gasteiger partial charge in [0.25, 0.3) is 0 Å². The molecular formula is C15H16O3S. The molecule has 2 aromatic rings. The number of methoxy groups -OCH3 is 2. The van der Waals surface area contributed by atoms with Crippen LogP contribution in [-0.4, -0.2) is 20.0 Å². The lowest BCUT2D eigenvalue weighted by molar-refractivity contribution is 0.104. The van der Waals surface area contributed by atoms with Gasteiger partial charge in [-0.1, -0.05) is 0 Å². The molecule has 100 valence electrons. The van der Waals surface area contributed by atoms with E-state index in [1.54, 1.807) is 32.4 Å². The van der Waals surface area contributed by atoms with E-state index in [9.17, 15) is 4.79 Å². The summed E-state index contributed by atoms with van der Waals surface area (Å²) in [4.78, 5) is 14.4. The molecular weight excluding hydrogens is 260 g/mol. The first-order valence-electron chi connectivity index (χ1n) is 5.90. The Hall–Kier alpha value is -1.81. The molecule has 3 nitrogen and oxygen atoms in total. The second-order valence-electron chi connectivity index (χ2n) is 4.27. The molecule has 0 saturated heterocycles. The van der Waals surface area contributed by atoms with Gasteiger partial charge in [0.15, 0.2) is 11.5 Å². The number of thiophene rings is 1. The molecule has 1 heterocycles. The van der Waals surface area contributed by atoms with Crippen molar-refractivity contribution in [3.63, 3.8) is 0 Å². The number of aryl methyl sites for hydroxylation is 2. The quantitative estimate of drug-likeness (QED) is 0.800. The number of carbonyl (C=O) groups excluding carboxylic acids is 1. The molecule has 0 radical (unpaired) electrons. The lowest BCUT2D eigenvalue weighted by atomic mass is 10.1. The molecule has 19 heavy (non-hydrogen) atoms. The summed E-state index contributed by atoms with van der Waals surface area (Å²) in [5.74, 6) is 1.22. The van der Waals surface area contributed by atoms with Gasteiger partial charge in [0, 0.05) is 10.4 Å². The molecule has 2 rings (SSSR count). The van der Waals surface area contributed by atoms with Crippen LogP contribution in [0.25, 0.3) is 0 Å². The van der Waals surface area contributed by atoms with Gasteiger partial charge >= 0.3 is 0 Å². The van der Waals surface area contributed by atoms with Crippen LogP contribution in [-0.2, 0) is 0 Å². The number of hydrogen-bond acceptors (Lipinski definition) is 4. The summed E-state index contributed by atoms with van der Waals surface area (Å²) >= 11 is 1.52. The molecule has 0 aliphatic carbocycles. The van der Waals surface area contributed by atoms with Crippen molar-refractivity contribution >= 4 is 17.1 Å². The van der Waals surface area contributed by atoms with Crippen molar-refractivity contribution in [3.8, 4) is 11.5 Å². The predicted octanol–water partition coefficient (Wildman–Crippen LogP) is 3.61. The van der Waals surface area contributed by atoms with Crippen LogP contribution in [0.3, 0.4) is 0 Å². The number of rotatable bonds is 4. The summed E-state index contributed by atoms with van der Waals surface area (Å²) in [6.45, 7) is 3.96. The second-order valence-corrected chi connectivity index (χ2v) is 5.52. The third kappa shape index (κ3) is 2.63. The van der Waals surface area contributed by atoms with Crippen LogP contribution in [0.15, 0.2) is 24.3 Å². The molecule has 0 amide bonds. The summed E-state index contributed by atoms with van der Waals surface area (Å²) in [6.07, 6.45) is 0. The zero-order chi connectivity index (χ0) is 14.0. The maximum Gasteiger partial charge on any atom is 0.203 e. The molecule has 0 saturated carbocycles. The van der Waals surface area contributed by atoms with Gasteiger partial charge in [-0.3, -0.25) is 4.79 Å². The molecule has 1 aromatic carbocycles. The van der Waals surface area contributed by atoms with Crippen LogP contribution in [0.4, 0.5) is 0 Å². The first-order chi connectivity index (χ1) is 9.06. The minimum absolute atomic E-state index is 0.0246. The number of carbonyl (C=O) groups is 1. The average molecular weight is 276 g/mol. The minimum atomic E-state index is 0.0246. The van der Waals surface area contributed by atoms with Crippen LogP contribution in [0, 0.1) is 13.8 Å². The normalized spacial score (nSPS) is 10.3. The molecule has 0 N–H and O–H groups in total. The number of benzene rings is 1. The summed E-state index contributed by atoms with van der Waals surface area (Å²) in [6, 6.07) is 7.26. The van der Waals surface area contributed by atoms with Crippen molar-refractivity contribution in [1.82, 2.24) is 0 Å². The van der Waals surface area contributed by atoms with E-state index in [0.717, 1.165) is 15.3 Å². The smallest absolute Gasteiger partial charge is 0.203 e. The monoisotopic (exact) mass is 276 g/mol. The van der Waals surface area contributed by atoms with Gasteiger partial charge < -0.3 is 9.47 Å². The van der Waals surface area contributed by atoms with E-state index in [4.69, 9.17) is 9.47 Å². The zero-order valence-corrected chi connectivity index (χ0v) is 12.3. The van der Waals surface area contributed by atoms with Gasteiger partial charge in [-0.15, -0.1) is 11.3 Å². The molecule has 0 aliphatic heterocycles. The van der Waals surface area contributed by atoms with Gasteiger partial charge in [-0.2, -0.15) is 0 Å². The van der Waals surface area contributed by atoms with Crippen LogP contribution < -0.4 is 9.47 Å². The van der Waals surface area contributed by atoms with E-state index in [1.807, 2.05) is 19.9 Å². The number of ether oxygens (including phenoxy) is 2. The number of ketones is 1. The molecule has 0 atom stereocenters. The second kappa shape index (κ2) is 5.45. The summed E-state index contributed by atoms with van der Waals surface area (Å²) in [7, 11) is 3.14. The Morgan fingerprint density at radius 3 is 2.26 bits per heavy atom. The SMILES string of the molecule is COc1ccc(C(=O)c2sc(C)cc2C)cc1OC. The topological polar surface area (TPSA) is 35.5 Å². The Kier molecular flexibility index (Phi) is 3.90. The molecule has 0 spiro atoms. The fourth-order valence-electron chi connectivity index (χ4n) is 1.98. The van der Waals surface area contributed by atoms with E-state index in [2.05, 4.69) is 0 Å². The van der Waals surface area contributed by atoms with Gasteiger partial charge in [-0.25, -0.2) is 0 Å². The minimum Gasteiger partial charge on any atom is -0.493 e. The Balaban J connectivity index is 2.42. The summed E-state index contributed by atoms with van der Waals surface area (Å²) in [5, 5.41) is 0. The Morgan fingerprint density at radius 1 is 1.05 bits per heavy atom. The maximum atomic E-state index is 12.5. The van der Waals surface area contributed by atoms with Gasteiger partial charge in [0.2, 0.25) is 5.78 Å². The van der Waals surface area contributed by atoms with Crippen LogP contribution in [0.2, 0.25) is 0 Å². The average Bonchev–Trinajstić information content (AvgIpc) is 2.76. The molecule has 4 heteroatoms. The van der Waals surface area contributed by atoms with Crippen molar-refractivity contribution in [3.05, 3.63) is 45.1 Å². The summed E-state index contributed by atoms with van der Waals surface area (Å²) in [5.41, 5.74) is 1.63. The van der Waals surface area contributed by atoms with Crippen molar-refractivity contribution in [2.24, 2.45) is 0 Å². The van der Waals surface area contributed by atoms with Crippen molar-refractivity contribution in [2.45, 2.75) is 13.8 Å². The van der Waals surface area contributed by atoms with Crippen molar-refractivity contribution < 1.29 is 14.3 Å². The zero-order valence-electron chi connectivity index (χ0n) is 11.4. The van der Waals surface area contributed by atoms with E-state index < -0.39 is 0 Å². The molecule has 0 bridgehead atoms. The van der Waals surface area contributed by atoms with Crippen LogP contribution >= 0.6 is 11.3 Å². The van der Waals surface area contributed by atoms with Gasteiger partial charge in [0.05, 0.1) is 19.1 Å².